The Morgan fingerprint density at radius 3 is 1.78 bits per heavy atom. The number of likely N-dealkylation sites (N-methyl/N-ethyl adjacent to an activating group) is 3. The van der Waals surface area contributed by atoms with Gasteiger partial charge >= 0.3 is 5.97 Å². The van der Waals surface area contributed by atoms with Crippen LogP contribution in [0.5, 0.6) is 5.75 Å². The number of aromatic nitrogens is 4. The highest BCUT2D eigenvalue weighted by atomic mass is 32.2. The van der Waals surface area contributed by atoms with Crippen molar-refractivity contribution in [2.45, 2.75) is 247 Å². The fourth-order valence-electron chi connectivity index (χ4n) is 17.2. The Hall–Kier alpha value is -14.1. The van der Waals surface area contributed by atoms with Crippen molar-refractivity contribution in [1.82, 2.24) is 97.2 Å². The number of nitrogens with zero attached hydrogens (tertiary/aromatic N) is 7. The largest absolute Gasteiger partial charge is 0.508 e. The van der Waals surface area contributed by atoms with Gasteiger partial charge in [-0.2, -0.15) is 0 Å². The Kier molecular flexibility index (Phi) is 40.2. The number of phenolic OH excluding ortho intramolecular Hbond substituents is 1. The Morgan fingerprint density at radius 2 is 1.14 bits per heavy atom. The number of carboxylic acids is 1. The Bertz CT molecular complexity index is 5420. The Morgan fingerprint density at radius 1 is 0.561 bits per heavy atom. The first kappa shape index (κ1) is 109. The van der Waals surface area contributed by atoms with Crippen LogP contribution in [-0.2, 0) is 123 Å². The first-order valence-corrected chi connectivity index (χ1v) is 47.6. The number of benzene rings is 3. The van der Waals surface area contributed by atoms with E-state index in [0.29, 0.717) is 64.2 Å². The molecule has 0 radical (unpaired) electrons. The normalized spacial score (nSPS) is 24.4. The van der Waals surface area contributed by atoms with E-state index in [1.54, 1.807) is 68.6 Å². The summed E-state index contributed by atoms with van der Waals surface area (Å²) in [5, 5.41) is 59.4. The lowest BCUT2D eigenvalue weighted by atomic mass is 9.99. The van der Waals surface area contributed by atoms with Crippen LogP contribution in [-0.4, -0.2) is 321 Å². The number of hydrogen-bond donors (Lipinski definition) is 19. The third-order valence-electron chi connectivity index (χ3n) is 24.8. The smallest absolute Gasteiger partial charge is 0.323 e. The van der Waals surface area contributed by atoms with E-state index in [-0.39, 0.29) is 88.2 Å². The van der Waals surface area contributed by atoms with Crippen molar-refractivity contribution in [2.75, 3.05) is 58.8 Å². The number of aliphatic carboxylic acids is 1. The van der Waals surface area contributed by atoms with E-state index in [4.69, 9.17) is 22.9 Å². The van der Waals surface area contributed by atoms with Gasteiger partial charge in [-0.25, -0.2) is 4.98 Å². The average molecular weight is 1950 g/mol. The van der Waals surface area contributed by atoms with Crippen molar-refractivity contribution in [3.05, 3.63) is 120 Å². The van der Waals surface area contributed by atoms with Crippen molar-refractivity contribution in [3.63, 3.8) is 0 Å². The number of carboxylic acid groups (broad SMARTS) is 1. The van der Waals surface area contributed by atoms with Gasteiger partial charge in [-0.15, -0.1) is 11.8 Å². The van der Waals surface area contributed by atoms with Gasteiger partial charge in [0, 0.05) is 125 Å². The minimum Gasteiger partial charge on any atom is -0.508 e. The van der Waals surface area contributed by atoms with Crippen molar-refractivity contribution in [2.24, 2.45) is 28.9 Å². The van der Waals surface area contributed by atoms with Crippen LogP contribution >= 0.6 is 11.8 Å². The minimum absolute atomic E-state index is 0.0114. The lowest BCUT2D eigenvalue weighted by Gasteiger charge is -2.36. The van der Waals surface area contributed by atoms with E-state index in [1.165, 1.54) is 75.6 Å². The molecular formula is C93H129N23O22S. The van der Waals surface area contributed by atoms with Gasteiger partial charge in [-0.3, -0.25) is 91.1 Å². The molecule has 3 fully saturated rings. The molecule has 0 spiro atoms. The number of amides is 18. The number of carbonyl (C=O) groups excluding carboxylic acids is 18. The summed E-state index contributed by atoms with van der Waals surface area (Å²) in [5.74, 6) is -20.1. The van der Waals surface area contributed by atoms with Gasteiger partial charge < -0.3 is 130 Å². The van der Waals surface area contributed by atoms with Gasteiger partial charge in [0.1, 0.15) is 96.9 Å². The summed E-state index contributed by atoms with van der Waals surface area (Å²) in [7, 11) is 3.88. The predicted molar refractivity (Wildman–Crippen MR) is 507 cm³/mol. The van der Waals surface area contributed by atoms with Crippen LogP contribution in [0.25, 0.3) is 21.8 Å². The molecule has 0 aliphatic carbocycles. The number of rotatable bonds is 28. The molecule has 45 nitrogen and oxygen atoms in total. The quantitative estimate of drug-likeness (QED) is 0.0233. The second kappa shape index (κ2) is 51.4. The third kappa shape index (κ3) is 30.2. The number of primary amides is 3. The number of nitrogens with two attached hydrogens (primary N) is 4. The number of H-pyrrole nitrogens is 2. The molecule has 754 valence electrons. The lowest BCUT2D eigenvalue weighted by molar-refractivity contribution is -0.149. The lowest BCUT2D eigenvalue weighted by Crippen LogP contribution is -2.61. The molecule has 139 heavy (non-hydrogen) atoms. The summed E-state index contributed by atoms with van der Waals surface area (Å²) < 4.78 is 1.43. The molecule has 15 atom stereocenters. The molecule has 6 heterocycles. The molecule has 0 saturated carbocycles. The van der Waals surface area contributed by atoms with Crippen LogP contribution in [0, 0.1) is 5.92 Å². The molecule has 9 rings (SSSR count). The number of para-hydroxylation sites is 2. The first-order valence-electron chi connectivity index (χ1n) is 46.4. The van der Waals surface area contributed by atoms with Gasteiger partial charge in [0.25, 0.3) is 0 Å². The maximum atomic E-state index is 16.0. The van der Waals surface area contributed by atoms with E-state index in [9.17, 15) is 68.1 Å². The zero-order chi connectivity index (χ0) is 102. The van der Waals surface area contributed by atoms with Crippen LogP contribution in [0.1, 0.15) is 147 Å². The standard InChI is InChI=1S/C93H129N23O22S/c1-9-11-21-71-86(131)105-63(34-50(3)4)83(128)110-69(81(126)100-43-77(97)121)47-139-48-78(122)102-66(35-52-25-27-56(117)28-26-52)89(134)111(6)51(5)80(125)108-68(40-76(96)120)92(137)115-33-17-24-72(115)87(132)107-65(38-55-42-98-49-101-55)85(130)104-62(29-30-75(95)119)91(136)116-45-57(118)39-74(116)88(133)106-64(36-53-41-99-60-20-15-13-18-58(53)60)84(129)103-61(31-32-94)82(127)109-67(90(135)113(8)73(22-12-10-2)93(138)112(71)7)37-54-44-114(46-79(123)124)70-23-16-14-19-59(54)70/h13-16,18-20,23,25-28,41-42,44,49-51,57,61-69,71-74,99,117-118H,9-12,17,21-22,24,29-40,43,45-48,94H2,1-8H3,(H2,95,119)(H2,96,120)(H2,97,121)(H,98,101)(H,100,126)(H,102,122)(H,103,129)(H,104,130)(H,105,131)(H,106,133)(H,107,132)(H,108,125)(H,109,127)(H,110,128)(H,123,124)/t51-,57+,61-,62-,63-,64-,65-,66-,67-,68-,69-,71-,72-,73-,74-/m0/s1. The zero-order valence-electron chi connectivity index (χ0n) is 79.1. The second-order valence-corrected chi connectivity index (χ2v) is 36.8. The summed E-state index contributed by atoms with van der Waals surface area (Å²) in [6.45, 7) is 6.12. The van der Waals surface area contributed by atoms with Gasteiger partial charge in [-0.05, 0) is 105 Å². The maximum absolute atomic E-state index is 16.0. The molecule has 46 heteroatoms. The number of aliphatic hydroxyl groups excluding tert-OH is 1. The second-order valence-electron chi connectivity index (χ2n) is 35.7. The van der Waals surface area contributed by atoms with Gasteiger partial charge in [0.2, 0.25) is 106 Å². The number of hydrogen-bond acceptors (Lipinski definition) is 24. The Labute approximate surface area is 806 Å². The van der Waals surface area contributed by atoms with Crippen LogP contribution < -0.4 is 76.1 Å². The van der Waals surface area contributed by atoms with Crippen molar-refractivity contribution >= 4 is 146 Å². The molecule has 3 saturated heterocycles. The summed E-state index contributed by atoms with van der Waals surface area (Å²) >= 11 is 0.774. The number of phenols is 1. The number of carbonyl (C=O) groups is 19. The monoisotopic (exact) mass is 1950 g/mol. The van der Waals surface area contributed by atoms with Crippen molar-refractivity contribution in [3.8, 4) is 5.75 Å². The number of thioether (sulfide) groups is 1. The van der Waals surface area contributed by atoms with Gasteiger partial charge in [-0.1, -0.05) is 102 Å². The van der Waals surface area contributed by atoms with E-state index >= 15 is 38.4 Å². The van der Waals surface area contributed by atoms with Crippen molar-refractivity contribution < 1.29 is 106 Å². The number of fused-ring (bicyclic) bond motifs is 4. The predicted octanol–water partition coefficient (Wildman–Crippen LogP) is -3.01. The number of nitrogens with one attached hydrogen (secondary N) is 12. The highest BCUT2D eigenvalue weighted by Gasteiger charge is 2.47. The molecule has 0 unspecified atom stereocenters. The highest BCUT2D eigenvalue weighted by molar-refractivity contribution is 8.00. The van der Waals surface area contributed by atoms with Crippen molar-refractivity contribution in [1.29, 1.82) is 0 Å². The molecule has 23 N–H and O–H groups in total. The molecule has 18 amide bonds. The van der Waals surface area contributed by atoms with E-state index in [1.807, 2.05) is 13.8 Å². The average Bonchev–Trinajstić information content (AvgIpc) is 1.66. The topological polar surface area (TPSA) is 675 Å². The summed E-state index contributed by atoms with van der Waals surface area (Å²) in [6.07, 6.45) is 1.54. The molecule has 3 aromatic heterocycles. The van der Waals surface area contributed by atoms with Crippen LogP contribution in [0.15, 0.2) is 97.7 Å². The van der Waals surface area contributed by atoms with Crippen LogP contribution in [0.3, 0.4) is 0 Å². The number of aliphatic hydroxyl groups is 1. The number of unbranched alkanes of at least 4 members (excludes halogenated alkanes) is 2. The fourth-order valence-corrected chi connectivity index (χ4v) is 18.1. The van der Waals surface area contributed by atoms with Crippen LogP contribution in [0.4, 0.5) is 0 Å². The van der Waals surface area contributed by atoms with Gasteiger partial charge in [0.15, 0.2) is 0 Å². The van der Waals surface area contributed by atoms with E-state index in [2.05, 4.69) is 68.1 Å². The molecule has 3 aliphatic heterocycles. The summed E-state index contributed by atoms with van der Waals surface area (Å²) in [4.78, 5) is 292. The zero-order valence-corrected chi connectivity index (χ0v) is 79.9. The Balaban J connectivity index is 1.12. The fraction of sp³-hybridized carbons (Fsp3) is 0.527. The number of aromatic hydroxyl groups is 1. The summed E-state index contributed by atoms with van der Waals surface area (Å²) in [6, 6.07) is -3.18. The van der Waals surface area contributed by atoms with Crippen LogP contribution in [0.2, 0.25) is 0 Å². The highest BCUT2D eigenvalue weighted by Crippen LogP contribution is 2.29. The minimum atomic E-state index is -1.82. The summed E-state index contributed by atoms with van der Waals surface area (Å²) in [5.41, 5.74) is 25.6. The SMILES string of the molecule is CCCC[C@H]1C(=O)N(C)[C@@H](CCCC)C(=O)N[C@@H](CC(C)C)C(=O)N[C@H](C(=O)NCC(N)=O)CSCC(=O)N[C@@H](Cc2ccc(O)cc2)C(=O)N(C)[C@@H](C)C(=O)N[C@@H](CC(N)=O)C(=O)N2CCC[C@H]2C(=O)N[C@@H](Cc2cnc[nH]2)C(=O)N[C@@H](CCC(N)=O)C(=O)N2C[C@H](O)C[C@H]2C(=O)N[C@@H](Cc2c[nH]c3ccccc23)C(=O)N[C@@H](CCN)C(=O)N[C@@H](Cc2cn(CC(=O)O)c3ccccc23)C(=O)N1C. The molecule has 3 aliphatic rings. The van der Waals surface area contributed by atoms with Gasteiger partial charge in [0.05, 0.1) is 31.1 Å². The molecule has 3 aromatic carbocycles. The maximum Gasteiger partial charge on any atom is 0.323 e. The number of aromatic amines is 2. The van der Waals surface area contributed by atoms with E-state index in [0.717, 1.165) is 36.3 Å². The number of imidazole rings is 1. The molecule has 6 aromatic rings. The van der Waals surface area contributed by atoms with E-state index < -0.39 is 266 Å². The third-order valence-corrected chi connectivity index (χ3v) is 25.8. The first-order chi connectivity index (χ1) is 66.1. The molecule has 0 bridgehead atoms. The molecular weight excluding hydrogens is 1820 g/mol.